The van der Waals surface area contributed by atoms with Crippen molar-refractivity contribution in [1.29, 1.82) is 0 Å². The molecule has 164 valence electrons. The van der Waals surface area contributed by atoms with Crippen LogP contribution >= 0.6 is 36.2 Å². The van der Waals surface area contributed by atoms with E-state index >= 15 is 0 Å². The van der Waals surface area contributed by atoms with Gasteiger partial charge >= 0.3 is 0 Å². The van der Waals surface area contributed by atoms with Crippen LogP contribution in [0.25, 0.3) is 22.3 Å². The van der Waals surface area contributed by atoms with Crippen LogP contribution in [0.3, 0.4) is 0 Å². The van der Waals surface area contributed by atoms with Gasteiger partial charge in [-0.3, -0.25) is 4.79 Å². The minimum Gasteiger partial charge on any atom is -0.333 e. The molecular formula is C21H29Cl2N5OS. The molecule has 0 radical (unpaired) electrons. The number of fused-ring (bicyclic) bond motifs is 1. The average molecular weight is 470 g/mol. The smallest absolute Gasteiger partial charge is 0.255 e. The number of thiophene rings is 1. The minimum absolute atomic E-state index is 0. The molecule has 1 fully saturated rings. The van der Waals surface area contributed by atoms with Gasteiger partial charge < -0.3 is 10.2 Å². The lowest BCUT2D eigenvalue weighted by Gasteiger charge is -2.34. The Kier molecular flexibility index (Phi) is 7.91. The fourth-order valence-electron chi connectivity index (χ4n) is 3.89. The van der Waals surface area contributed by atoms with Crippen LogP contribution in [0.4, 0.5) is 0 Å². The second-order valence-corrected chi connectivity index (χ2v) is 9.31. The van der Waals surface area contributed by atoms with E-state index in [9.17, 15) is 4.79 Å². The number of nitrogens with one attached hydrogen (secondary N) is 1. The molecule has 0 unspecified atom stereocenters. The second-order valence-electron chi connectivity index (χ2n) is 7.85. The van der Waals surface area contributed by atoms with Crippen molar-refractivity contribution in [1.82, 2.24) is 25.0 Å². The number of carbonyl (C=O) groups is 1. The van der Waals surface area contributed by atoms with E-state index in [0.717, 1.165) is 35.4 Å². The van der Waals surface area contributed by atoms with E-state index in [1.54, 1.807) is 17.5 Å². The second kappa shape index (κ2) is 9.64. The van der Waals surface area contributed by atoms with Gasteiger partial charge in [-0.15, -0.1) is 36.2 Å². The van der Waals surface area contributed by atoms with Gasteiger partial charge in [-0.25, -0.2) is 9.67 Å². The molecule has 9 heteroatoms. The van der Waals surface area contributed by atoms with E-state index < -0.39 is 0 Å². The van der Waals surface area contributed by atoms with Gasteiger partial charge in [0.05, 0.1) is 22.8 Å². The van der Waals surface area contributed by atoms with Crippen molar-refractivity contribution in [3.8, 4) is 11.3 Å². The number of hydrogen-bond acceptors (Lipinski definition) is 5. The third-order valence-corrected chi connectivity index (χ3v) is 6.33. The highest BCUT2D eigenvalue weighted by Crippen LogP contribution is 2.33. The van der Waals surface area contributed by atoms with Gasteiger partial charge in [-0.05, 0) is 46.8 Å². The Hall–Kier alpha value is -1.67. The first-order chi connectivity index (χ1) is 13.4. The molecule has 0 aromatic carbocycles. The maximum atomic E-state index is 13.5. The van der Waals surface area contributed by atoms with Gasteiger partial charge in [0.15, 0.2) is 5.65 Å². The number of nitrogens with zero attached hydrogens (tertiary/aromatic N) is 4. The first-order valence-electron chi connectivity index (χ1n) is 9.84. The van der Waals surface area contributed by atoms with Crippen molar-refractivity contribution in [2.24, 2.45) is 0 Å². The third kappa shape index (κ3) is 4.35. The highest BCUT2D eigenvalue weighted by atomic mass is 35.5. The molecule has 6 nitrogen and oxygen atoms in total. The highest BCUT2D eigenvalue weighted by Gasteiger charge is 2.27. The highest BCUT2D eigenvalue weighted by molar-refractivity contribution is 7.12. The van der Waals surface area contributed by atoms with Crippen molar-refractivity contribution in [3.05, 3.63) is 33.6 Å². The van der Waals surface area contributed by atoms with Crippen LogP contribution in [0.15, 0.2) is 18.3 Å². The number of aromatic nitrogens is 3. The van der Waals surface area contributed by atoms with Crippen LogP contribution in [-0.2, 0) is 0 Å². The Morgan fingerprint density at radius 3 is 2.60 bits per heavy atom. The Morgan fingerprint density at radius 1 is 1.27 bits per heavy atom. The number of piperazine rings is 1. The molecule has 3 aromatic rings. The maximum absolute atomic E-state index is 13.5. The van der Waals surface area contributed by atoms with Crippen molar-refractivity contribution >= 4 is 53.1 Å². The fraction of sp³-hybridized carbons (Fsp3) is 0.476. The van der Waals surface area contributed by atoms with Crippen LogP contribution in [0.1, 0.15) is 46.9 Å². The van der Waals surface area contributed by atoms with E-state index in [4.69, 9.17) is 4.98 Å². The molecule has 0 spiro atoms. The molecule has 0 aliphatic carbocycles. The Labute approximate surface area is 193 Å². The lowest BCUT2D eigenvalue weighted by Crippen LogP contribution is -2.52. The summed E-state index contributed by atoms with van der Waals surface area (Å²) in [6.07, 6.45) is 1.79. The molecule has 30 heavy (non-hydrogen) atoms. The summed E-state index contributed by atoms with van der Waals surface area (Å²) in [4.78, 5) is 22.9. The van der Waals surface area contributed by atoms with Crippen LogP contribution in [0.5, 0.6) is 0 Å². The lowest BCUT2D eigenvalue weighted by molar-refractivity contribution is 0.0658. The van der Waals surface area contributed by atoms with Gasteiger partial charge in [0.1, 0.15) is 0 Å². The Bertz CT molecular complexity index is 1050. The summed E-state index contributed by atoms with van der Waals surface area (Å²) in [5, 5.41) is 8.72. The van der Waals surface area contributed by atoms with Crippen molar-refractivity contribution in [2.75, 3.05) is 19.6 Å². The Morgan fingerprint density at radius 2 is 2.00 bits per heavy atom. The van der Waals surface area contributed by atoms with Crippen LogP contribution in [0, 0.1) is 13.8 Å². The normalized spacial score (nSPS) is 16.5. The molecule has 1 N–H and O–H groups in total. The number of aryl methyl sites for hydroxylation is 2. The molecule has 1 amide bonds. The molecule has 4 heterocycles. The maximum Gasteiger partial charge on any atom is 0.255 e. The SMILES string of the molecule is Cc1cc(-c2cc(C(=O)N3CCNC[C@@H]3C)c3cnn(C(C)C)c3n2)c(C)s1.Cl.Cl. The van der Waals surface area contributed by atoms with E-state index in [1.165, 1.54) is 9.75 Å². The fourth-order valence-corrected chi connectivity index (χ4v) is 4.83. The summed E-state index contributed by atoms with van der Waals surface area (Å²) < 4.78 is 1.91. The zero-order valence-corrected chi connectivity index (χ0v) is 20.4. The zero-order chi connectivity index (χ0) is 20.0. The van der Waals surface area contributed by atoms with Gasteiger partial charge in [-0.1, -0.05) is 0 Å². The van der Waals surface area contributed by atoms with E-state index in [0.29, 0.717) is 12.1 Å². The number of pyridine rings is 1. The molecule has 4 rings (SSSR count). The predicted octanol–water partition coefficient (Wildman–Crippen LogP) is 4.64. The van der Waals surface area contributed by atoms with Gasteiger partial charge in [0.25, 0.3) is 5.91 Å². The van der Waals surface area contributed by atoms with Crippen molar-refractivity contribution < 1.29 is 4.79 Å². The average Bonchev–Trinajstić information content (AvgIpc) is 3.23. The summed E-state index contributed by atoms with van der Waals surface area (Å²) in [6, 6.07) is 4.46. The number of rotatable bonds is 3. The molecule has 0 bridgehead atoms. The number of hydrogen-bond donors (Lipinski definition) is 1. The molecule has 1 saturated heterocycles. The number of carbonyl (C=O) groups excluding carboxylic acids is 1. The quantitative estimate of drug-likeness (QED) is 0.606. The monoisotopic (exact) mass is 469 g/mol. The molecule has 1 atom stereocenters. The zero-order valence-electron chi connectivity index (χ0n) is 17.9. The van der Waals surface area contributed by atoms with E-state index in [-0.39, 0.29) is 42.8 Å². The third-order valence-electron chi connectivity index (χ3n) is 5.37. The Balaban J connectivity index is 0.00000160. The first kappa shape index (κ1) is 24.6. The summed E-state index contributed by atoms with van der Waals surface area (Å²) in [6.45, 7) is 12.8. The standard InChI is InChI=1S/C21H27N5OS.2ClH/c1-12(2)26-20-18(11-23-26)17(21(27)25-7-6-22-10-13(25)3)9-19(24-20)16-8-14(4)28-15(16)5;;/h8-9,11-13,22H,6-7,10H2,1-5H3;2*1H/t13-;;/m0../s1. The van der Waals surface area contributed by atoms with E-state index in [1.807, 2.05) is 15.6 Å². The van der Waals surface area contributed by atoms with Gasteiger partial charge in [-0.2, -0.15) is 5.10 Å². The van der Waals surface area contributed by atoms with Crippen LogP contribution in [-0.4, -0.2) is 51.2 Å². The minimum atomic E-state index is 0. The molecule has 1 aliphatic heterocycles. The number of amides is 1. The summed E-state index contributed by atoms with van der Waals surface area (Å²) >= 11 is 1.76. The largest absolute Gasteiger partial charge is 0.333 e. The van der Waals surface area contributed by atoms with Crippen LogP contribution in [0.2, 0.25) is 0 Å². The van der Waals surface area contributed by atoms with Gasteiger partial charge in [0.2, 0.25) is 0 Å². The van der Waals surface area contributed by atoms with Crippen molar-refractivity contribution in [2.45, 2.75) is 46.7 Å². The van der Waals surface area contributed by atoms with Gasteiger partial charge in [0, 0.05) is 47.0 Å². The summed E-state index contributed by atoms with van der Waals surface area (Å²) in [5.41, 5.74) is 3.43. The summed E-state index contributed by atoms with van der Waals surface area (Å²) in [7, 11) is 0. The predicted molar refractivity (Wildman–Crippen MR) is 129 cm³/mol. The van der Waals surface area contributed by atoms with Crippen LogP contribution < -0.4 is 5.32 Å². The van der Waals surface area contributed by atoms with Crippen molar-refractivity contribution in [3.63, 3.8) is 0 Å². The van der Waals surface area contributed by atoms with E-state index in [2.05, 4.69) is 51.1 Å². The lowest BCUT2D eigenvalue weighted by atomic mass is 10.0. The molecular weight excluding hydrogens is 441 g/mol. The molecule has 1 aliphatic rings. The number of halogens is 2. The summed E-state index contributed by atoms with van der Waals surface area (Å²) in [5.74, 6) is 0.0653. The topological polar surface area (TPSA) is 63.1 Å². The molecule has 3 aromatic heterocycles. The first-order valence-corrected chi connectivity index (χ1v) is 10.7. The molecule has 0 saturated carbocycles.